The molecule has 2 aromatic carbocycles. The highest BCUT2D eigenvalue weighted by molar-refractivity contribution is 5.88. The van der Waals surface area contributed by atoms with Crippen molar-refractivity contribution in [3.8, 4) is 17.4 Å². The number of aliphatic hydroxyl groups is 1. The van der Waals surface area contributed by atoms with Gasteiger partial charge in [0.05, 0.1) is 12.8 Å². The lowest BCUT2D eigenvalue weighted by Gasteiger charge is -2.13. The van der Waals surface area contributed by atoms with Gasteiger partial charge in [-0.15, -0.1) is 5.10 Å². The molecule has 0 aliphatic carbocycles. The van der Waals surface area contributed by atoms with Crippen molar-refractivity contribution in [1.29, 1.82) is 0 Å². The van der Waals surface area contributed by atoms with E-state index in [4.69, 9.17) is 13.6 Å². The van der Waals surface area contributed by atoms with Gasteiger partial charge in [-0.25, -0.2) is 4.79 Å². The van der Waals surface area contributed by atoms with E-state index in [0.29, 0.717) is 11.5 Å². The van der Waals surface area contributed by atoms with Crippen LogP contribution < -0.4 is 10.5 Å². The maximum atomic E-state index is 11.9. The minimum atomic E-state index is -0.929. The van der Waals surface area contributed by atoms with Gasteiger partial charge in [0, 0.05) is 5.39 Å². The Morgan fingerprint density at radius 3 is 2.81 bits per heavy atom. The lowest BCUT2D eigenvalue weighted by molar-refractivity contribution is 0.0882. The third-order valence-electron chi connectivity index (χ3n) is 3.90. The second-order valence-electron chi connectivity index (χ2n) is 5.77. The molecule has 0 radical (unpaired) electrons. The topological polar surface area (TPSA) is 90.6 Å². The van der Waals surface area contributed by atoms with Crippen LogP contribution >= 0.6 is 0 Å². The van der Waals surface area contributed by atoms with Gasteiger partial charge in [-0.05, 0) is 23.6 Å². The Morgan fingerprint density at radius 1 is 1.12 bits per heavy atom. The summed E-state index contributed by atoms with van der Waals surface area (Å²) in [5, 5.41) is 16.2. The van der Waals surface area contributed by atoms with E-state index in [9.17, 15) is 9.90 Å². The number of hydrogen-bond donors (Lipinski definition) is 1. The Hall–Kier alpha value is -3.32. The van der Waals surface area contributed by atoms with Gasteiger partial charge in [0.1, 0.15) is 18.5 Å². The molecule has 7 heteroatoms. The molecule has 1 N–H and O–H groups in total. The Bertz CT molecular complexity index is 1060. The summed E-state index contributed by atoms with van der Waals surface area (Å²) >= 11 is 0. The highest BCUT2D eigenvalue weighted by Gasteiger charge is 2.16. The average molecular weight is 352 g/mol. The molecule has 0 spiro atoms. The van der Waals surface area contributed by atoms with Crippen molar-refractivity contribution >= 4 is 10.8 Å². The molecule has 0 saturated carbocycles. The SMILES string of the molecule is O=c1oc(-c2ccco2)nn1C[C@@H](O)COc1cccc2ccccc12. The van der Waals surface area contributed by atoms with Crippen LogP contribution in [0.4, 0.5) is 0 Å². The number of ether oxygens (including phenoxy) is 1. The Labute approximate surface area is 148 Å². The Balaban J connectivity index is 1.44. The summed E-state index contributed by atoms with van der Waals surface area (Å²) in [4.78, 5) is 11.9. The van der Waals surface area contributed by atoms with Crippen molar-refractivity contribution in [3.05, 3.63) is 71.4 Å². The zero-order valence-corrected chi connectivity index (χ0v) is 13.7. The third-order valence-corrected chi connectivity index (χ3v) is 3.90. The van der Waals surface area contributed by atoms with Crippen molar-refractivity contribution in [3.63, 3.8) is 0 Å². The molecule has 4 rings (SSSR count). The molecule has 0 saturated heterocycles. The zero-order chi connectivity index (χ0) is 17.9. The molecular formula is C19H16N2O5. The maximum Gasteiger partial charge on any atom is 0.437 e. The first-order valence-electron chi connectivity index (χ1n) is 8.11. The molecule has 2 aromatic heterocycles. The second kappa shape index (κ2) is 6.89. The van der Waals surface area contributed by atoms with Gasteiger partial charge in [-0.2, -0.15) is 4.68 Å². The number of furan rings is 1. The second-order valence-corrected chi connectivity index (χ2v) is 5.77. The molecule has 0 aliphatic heterocycles. The van der Waals surface area contributed by atoms with Crippen molar-refractivity contribution < 1.29 is 18.7 Å². The minimum absolute atomic E-state index is 0.0173. The molecule has 0 unspecified atom stereocenters. The van der Waals surface area contributed by atoms with Crippen molar-refractivity contribution in [1.82, 2.24) is 9.78 Å². The molecule has 0 bridgehead atoms. The lowest BCUT2D eigenvalue weighted by Crippen LogP contribution is -2.29. The predicted molar refractivity (Wildman–Crippen MR) is 93.9 cm³/mol. The quantitative estimate of drug-likeness (QED) is 0.574. The van der Waals surface area contributed by atoms with E-state index >= 15 is 0 Å². The first-order valence-corrected chi connectivity index (χ1v) is 8.11. The van der Waals surface area contributed by atoms with Gasteiger partial charge in [0.15, 0.2) is 5.76 Å². The van der Waals surface area contributed by atoms with Gasteiger partial charge in [0.2, 0.25) is 0 Å². The van der Waals surface area contributed by atoms with Crippen LogP contribution in [0.2, 0.25) is 0 Å². The number of aliphatic hydroxyl groups excluding tert-OH is 1. The number of fused-ring (bicyclic) bond motifs is 1. The maximum absolute atomic E-state index is 11.9. The van der Waals surface area contributed by atoms with Crippen molar-refractivity contribution in [2.24, 2.45) is 0 Å². The fraction of sp³-hybridized carbons (Fsp3) is 0.158. The van der Waals surface area contributed by atoms with E-state index in [1.165, 1.54) is 6.26 Å². The Morgan fingerprint density at radius 2 is 1.96 bits per heavy atom. The first kappa shape index (κ1) is 16.2. The van der Waals surface area contributed by atoms with E-state index in [1.807, 2.05) is 42.5 Å². The van der Waals surface area contributed by atoms with Crippen LogP contribution in [0.3, 0.4) is 0 Å². The number of nitrogens with zero attached hydrogens (tertiary/aromatic N) is 2. The van der Waals surface area contributed by atoms with Crippen LogP contribution in [0.25, 0.3) is 22.4 Å². The smallest absolute Gasteiger partial charge is 0.437 e. The summed E-state index contributed by atoms with van der Waals surface area (Å²) in [6.45, 7) is -0.0306. The van der Waals surface area contributed by atoms with Crippen LogP contribution in [-0.2, 0) is 6.54 Å². The van der Waals surface area contributed by atoms with Gasteiger partial charge in [0.25, 0.3) is 5.89 Å². The highest BCUT2D eigenvalue weighted by atomic mass is 16.5. The van der Waals surface area contributed by atoms with Gasteiger partial charge in [-0.1, -0.05) is 36.4 Å². The van der Waals surface area contributed by atoms with E-state index in [-0.39, 0.29) is 19.0 Å². The fourth-order valence-electron chi connectivity index (χ4n) is 2.68. The molecule has 4 aromatic rings. The fourth-order valence-corrected chi connectivity index (χ4v) is 2.68. The minimum Gasteiger partial charge on any atom is -0.490 e. The van der Waals surface area contributed by atoms with Gasteiger partial charge >= 0.3 is 5.76 Å². The van der Waals surface area contributed by atoms with E-state index < -0.39 is 11.9 Å². The van der Waals surface area contributed by atoms with Crippen LogP contribution in [0.1, 0.15) is 0 Å². The monoisotopic (exact) mass is 352 g/mol. The standard InChI is InChI=1S/C19H16N2O5/c22-14(11-21-19(23)26-18(20-21)17-9-4-10-24-17)12-25-16-8-3-6-13-5-1-2-7-15(13)16/h1-10,14,22H,11-12H2/t14-/m1/s1. The predicted octanol–water partition coefficient (Wildman–Crippen LogP) is 2.69. The van der Waals surface area contributed by atoms with E-state index in [1.54, 1.807) is 12.1 Å². The average Bonchev–Trinajstić information content (AvgIpc) is 3.30. The van der Waals surface area contributed by atoms with Crippen LogP contribution in [-0.4, -0.2) is 27.6 Å². The summed E-state index contributed by atoms with van der Waals surface area (Å²) in [5.74, 6) is 0.427. The number of rotatable bonds is 6. The molecule has 0 fully saturated rings. The Kier molecular flexibility index (Phi) is 4.28. The third kappa shape index (κ3) is 3.25. The van der Waals surface area contributed by atoms with Crippen LogP contribution in [0.5, 0.6) is 5.75 Å². The lowest BCUT2D eigenvalue weighted by atomic mass is 10.1. The summed E-state index contributed by atoms with van der Waals surface area (Å²) in [6.07, 6.45) is 0.530. The normalized spacial score (nSPS) is 12.3. The molecule has 2 heterocycles. The molecule has 0 amide bonds. The highest BCUT2D eigenvalue weighted by Crippen LogP contribution is 2.25. The van der Waals surface area contributed by atoms with E-state index in [0.717, 1.165) is 15.5 Å². The molecule has 7 nitrogen and oxygen atoms in total. The molecule has 132 valence electrons. The number of aromatic nitrogens is 2. The molecular weight excluding hydrogens is 336 g/mol. The van der Waals surface area contributed by atoms with E-state index in [2.05, 4.69) is 5.10 Å². The summed E-state index contributed by atoms with van der Waals surface area (Å²) in [6, 6.07) is 16.8. The zero-order valence-electron chi connectivity index (χ0n) is 13.7. The summed E-state index contributed by atoms with van der Waals surface area (Å²) in [7, 11) is 0. The molecule has 26 heavy (non-hydrogen) atoms. The summed E-state index contributed by atoms with van der Waals surface area (Å²) in [5.41, 5.74) is 0. The van der Waals surface area contributed by atoms with Crippen LogP contribution in [0, 0.1) is 0 Å². The molecule has 1 atom stereocenters. The number of hydrogen-bond acceptors (Lipinski definition) is 6. The summed E-state index contributed by atoms with van der Waals surface area (Å²) < 4.78 is 17.0. The van der Waals surface area contributed by atoms with Crippen LogP contribution in [0.15, 0.2) is 74.5 Å². The van der Waals surface area contributed by atoms with Crippen molar-refractivity contribution in [2.45, 2.75) is 12.6 Å². The number of benzene rings is 2. The van der Waals surface area contributed by atoms with Crippen molar-refractivity contribution in [2.75, 3.05) is 6.61 Å². The largest absolute Gasteiger partial charge is 0.490 e. The first-order chi connectivity index (χ1) is 12.7. The van der Waals surface area contributed by atoms with Gasteiger partial charge < -0.3 is 18.7 Å². The molecule has 0 aliphatic rings. The van der Waals surface area contributed by atoms with Gasteiger partial charge in [-0.3, -0.25) is 0 Å².